The van der Waals surface area contributed by atoms with Crippen molar-refractivity contribution in [2.24, 2.45) is 4.99 Å². The van der Waals surface area contributed by atoms with Crippen LogP contribution in [0.15, 0.2) is 29.5 Å². The molecule has 0 bridgehead atoms. The third kappa shape index (κ3) is 2.53. The van der Waals surface area contributed by atoms with Gasteiger partial charge in [0.05, 0.1) is 25.4 Å². The number of carbonyl (C=O) groups is 1. The van der Waals surface area contributed by atoms with Crippen LogP contribution >= 0.6 is 0 Å². The molecule has 1 rings (SSSR count). The number of aliphatic imine (C=N–C) groups is 1. The van der Waals surface area contributed by atoms with Crippen LogP contribution in [0.2, 0.25) is 0 Å². The summed E-state index contributed by atoms with van der Waals surface area (Å²) in [6.45, 7) is 6.35. The fourth-order valence-electron chi connectivity index (χ4n) is 1.22. The van der Waals surface area contributed by atoms with Gasteiger partial charge in [-0.05, 0) is 6.92 Å². The standard InChI is InChI=1S/C10H15N2O2/c1-4-14-10(13)9(2)7-12(3)6-5-11-8-12/h5-6,8H,2,4,7H2,1,3H3/q+1. The van der Waals surface area contributed by atoms with E-state index < -0.39 is 0 Å². The number of carbonyl (C=O) groups excluding carboxylic acids is 1. The van der Waals surface area contributed by atoms with Gasteiger partial charge in [0.25, 0.3) is 0 Å². The predicted molar refractivity (Wildman–Crippen MR) is 54.5 cm³/mol. The van der Waals surface area contributed by atoms with E-state index >= 15 is 0 Å². The summed E-state index contributed by atoms with van der Waals surface area (Å²) in [6.07, 6.45) is 5.35. The minimum Gasteiger partial charge on any atom is -0.462 e. The molecule has 1 aliphatic heterocycles. The van der Waals surface area contributed by atoms with E-state index in [0.717, 1.165) is 0 Å². The van der Waals surface area contributed by atoms with Crippen LogP contribution in [0.4, 0.5) is 0 Å². The lowest BCUT2D eigenvalue weighted by atomic mass is 10.2. The zero-order valence-electron chi connectivity index (χ0n) is 8.56. The third-order valence-electron chi connectivity index (χ3n) is 1.92. The molecule has 0 aliphatic carbocycles. The lowest BCUT2D eigenvalue weighted by Gasteiger charge is -2.21. The van der Waals surface area contributed by atoms with Gasteiger partial charge < -0.3 is 4.74 Å². The van der Waals surface area contributed by atoms with Gasteiger partial charge >= 0.3 is 5.97 Å². The molecule has 0 radical (unpaired) electrons. The number of hydrogen-bond donors (Lipinski definition) is 0. The number of esters is 1. The molecular weight excluding hydrogens is 180 g/mol. The summed E-state index contributed by atoms with van der Waals surface area (Å²) in [6, 6.07) is 0. The Labute approximate surface area is 83.8 Å². The smallest absolute Gasteiger partial charge is 0.339 e. The van der Waals surface area contributed by atoms with Crippen LogP contribution in [0.1, 0.15) is 6.92 Å². The van der Waals surface area contributed by atoms with Crippen molar-refractivity contribution in [2.45, 2.75) is 6.92 Å². The maximum atomic E-state index is 11.3. The number of nitrogens with zero attached hydrogens (tertiary/aromatic N) is 2. The Hall–Kier alpha value is -1.42. The quantitative estimate of drug-likeness (QED) is 0.382. The van der Waals surface area contributed by atoms with Crippen LogP contribution < -0.4 is 0 Å². The first-order valence-electron chi connectivity index (χ1n) is 4.49. The minimum atomic E-state index is -0.333. The van der Waals surface area contributed by atoms with E-state index in [1.165, 1.54) is 0 Å². The van der Waals surface area contributed by atoms with E-state index in [-0.39, 0.29) is 5.97 Å². The van der Waals surface area contributed by atoms with Gasteiger partial charge in [0.2, 0.25) is 0 Å². The summed E-state index contributed by atoms with van der Waals surface area (Å²) in [4.78, 5) is 15.2. The summed E-state index contributed by atoms with van der Waals surface area (Å²) in [7, 11) is 1.94. The minimum absolute atomic E-state index is 0.333. The van der Waals surface area contributed by atoms with E-state index in [2.05, 4.69) is 11.6 Å². The second kappa shape index (κ2) is 4.19. The molecule has 0 saturated carbocycles. The average Bonchev–Trinajstić information content (AvgIpc) is 2.52. The van der Waals surface area contributed by atoms with Crippen LogP contribution in [0.5, 0.6) is 0 Å². The van der Waals surface area contributed by atoms with Crippen LogP contribution in [-0.4, -0.2) is 37.0 Å². The molecule has 0 aromatic rings. The highest BCUT2D eigenvalue weighted by molar-refractivity contribution is 5.88. The van der Waals surface area contributed by atoms with Crippen molar-refractivity contribution in [3.63, 3.8) is 0 Å². The lowest BCUT2D eigenvalue weighted by Crippen LogP contribution is -2.38. The second-order valence-electron chi connectivity index (χ2n) is 3.39. The molecule has 1 unspecified atom stereocenters. The number of likely N-dealkylation sites (N-methyl/N-ethyl adjacent to an activating group) is 1. The highest BCUT2D eigenvalue weighted by Crippen LogP contribution is 2.11. The number of rotatable bonds is 4. The zero-order valence-corrected chi connectivity index (χ0v) is 8.56. The monoisotopic (exact) mass is 195 g/mol. The fourth-order valence-corrected chi connectivity index (χ4v) is 1.22. The van der Waals surface area contributed by atoms with Crippen molar-refractivity contribution in [1.29, 1.82) is 0 Å². The number of ether oxygens (including phenoxy) is 1. The second-order valence-corrected chi connectivity index (χ2v) is 3.39. The highest BCUT2D eigenvalue weighted by Gasteiger charge is 2.24. The molecule has 0 amide bonds. The van der Waals surface area contributed by atoms with E-state index in [1.54, 1.807) is 19.5 Å². The Morgan fingerprint density at radius 3 is 2.86 bits per heavy atom. The Bertz CT molecular complexity index is 293. The third-order valence-corrected chi connectivity index (χ3v) is 1.92. The van der Waals surface area contributed by atoms with E-state index in [1.807, 2.05) is 13.2 Å². The highest BCUT2D eigenvalue weighted by atomic mass is 16.5. The van der Waals surface area contributed by atoms with Crippen molar-refractivity contribution in [3.05, 3.63) is 24.6 Å². The molecule has 1 atom stereocenters. The average molecular weight is 195 g/mol. The first-order valence-corrected chi connectivity index (χ1v) is 4.49. The number of quaternary nitrogens is 1. The predicted octanol–water partition coefficient (Wildman–Crippen LogP) is 1.07. The molecule has 0 aromatic heterocycles. The van der Waals surface area contributed by atoms with E-state index in [0.29, 0.717) is 23.2 Å². The normalized spacial score (nSPS) is 23.9. The summed E-state index contributed by atoms with van der Waals surface area (Å²) in [5.41, 5.74) is 0.465. The Morgan fingerprint density at radius 2 is 2.36 bits per heavy atom. The van der Waals surface area contributed by atoms with Gasteiger partial charge in [-0.15, -0.1) is 0 Å². The Morgan fingerprint density at radius 1 is 1.64 bits per heavy atom. The number of hydrogen-bond acceptors (Lipinski definition) is 3. The molecule has 14 heavy (non-hydrogen) atoms. The van der Waals surface area contributed by atoms with E-state index in [4.69, 9.17) is 4.74 Å². The van der Waals surface area contributed by atoms with Crippen molar-refractivity contribution in [2.75, 3.05) is 20.2 Å². The van der Waals surface area contributed by atoms with Gasteiger partial charge in [0, 0.05) is 0 Å². The molecule has 76 valence electrons. The topological polar surface area (TPSA) is 38.7 Å². The van der Waals surface area contributed by atoms with Crippen LogP contribution in [-0.2, 0) is 9.53 Å². The molecule has 0 saturated heterocycles. The van der Waals surface area contributed by atoms with Gasteiger partial charge in [0.15, 0.2) is 6.34 Å². The van der Waals surface area contributed by atoms with Gasteiger partial charge in [-0.3, -0.25) is 4.48 Å². The molecule has 0 fully saturated rings. The first kappa shape index (κ1) is 10.7. The largest absolute Gasteiger partial charge is 0.462 e. The van der Waals surface area contributed by atoms with Crippen molar-refractivity contribution in [3.8, 4) is 0 Å². The summed E-state index contributed by atoms with van der Waals surface area (Å²) < 4.78 is 5.31. The summed E-state index contributed by atoms with van der Waals surface area (Å²) in [5.74, 6) is -0.333. The van der Waals surface area contributed by atoms with Crippen molar-refractivity contribution < 1.29 is 14.0 Å². The van der Waals surface area contributed by atoms with Gasteiger partial charge in [0.1, 0.15) is 12.7 Å². The molecule has 1 heterocycles. The van der Waals surface area contributed by atoms with Crippen LogP contribution in [0, 0.1) is 0 Å². The van der Waals surface area contributed by atoms with Crippen molar-refractivity contribution >= 4 is 12.3 Å². The van der Waals surface area contributed by atoms with E-state index in [9.17, 15) is 4.79 Å². The van der Waals surface area contributed by atoms with Crippen molar-refractivity contribution in [1.82, 2.24) is 0 Å². The van der Waals surface area contributed by atoms with Gasteiger partial charge in [-0.1, -0.05) is 6.58 Å². The maximum absolute atomic E-state index is 11.3. The molecule has 4 nitrogen and oxygen atoms in total. The molecule has 0 aromatic carbocycles. The molecule has 1 aliphatic rings. The first-order chi connectivity index (χ1) is 6.57. The van der Waals surface area contributed by atoms with Crippen LogP contribution in [0.25, 0.3) is 0 Å². The van der Waals surface area contributed by atoms with Gasteiger partial charge in [-0.2, -0.15) is 0 Å². The molecule has 0 N–H and O–H groups in total. The zero-order chi connectivity index (χ0) is 10.6. The lowest BCUT2D eigenvalue weighted by molar-refractivity contribution is -0.750. The maximum Gasteiger partial charge on any atom is 0.339 e. The molecular formula is C10H15N2O2+. The fraction of sp³-hybridized carbons (Fsp3) is 0.400. The SMILES string of the molecule is C=C(C[N+]1(C)C=CN=C1)C(=O)OCC. The van der Waals surface area contributed by atoms with Gasteiger partial charge in [-0.25, -0.2) is 9.79 Å². The summed E-state index contributed by atoms with van der Waals surface area (Å²) in [5, 5.41) is 0. The Kier molecular flexibility index (Phi) is 3.19. The molecule has 4 heteroatoms. The Balaban J connectivity index is 2.52. The molecule has 0 spiro atoms. The summed E-state index contributed by atoms with van der Waals surface area (Å²) >= 11 is 0. The van der Waals surface area contributed by atoms with Crippen LogP contribution in [0.3, 0.4) is 0 Å².